The van der Waals surface area contributed by atoms with E-state index < -0.39 is 38.5 Å². The van der Waals surface area contributed by atoms with Crippen molar-refractivity contribution in [2.75, 3.05) is 18.0 Å². The van der Waals surface area contributed by atoms with Crippen LogP contribution in [0.3, 0.4) is 0 Å². The van der Waals surface area contributed by atoms with Crippen LogP contribution in [0.2, 0.25) is 0 Å². The van der Waals surface area contributed by atoms with E-state index in [4.69, 9.17) is 9.90 Å². The largest absolute Gasteiger partial charge is 0.542 e. The molecule has 7 nitrogen and oxygen atoms in total. The van der Waals surface area contributed by atoms with Gasteiger partial charge in [-0.1, -0.05) is 11.1 Å². The first kappa shape index (κ1) is 30.3. The highest BCUT2D eigenvalue weighted by Gasteiger charge is 2.45. The lowest BCUT2D eigenvalue weighted by Crippen LogP contribution is -2.47. The second kappa shape index (κ2) is 10.8. The summed E-state index contributed by atoms with van der Waals surface area (Å²) >= 11 is 0. The fourth-order valence-electron chi connectivity index (χ4n) is 4.05. The quantitative estimate of drug-likeness (QED) is 0.537. The smallest absolute Gasteiger partial charge is 0.430 e. The normalized spacial score (nSPS) is 15.7. The van der Waals surface area contributed by atoms with Crippen LogP contribution in [0.5, 0.6) is 0 Å². The van der Waals surface area contributed by atoms with Crippen molar-refractivity contribution in [3.8, 4) is 0 Å². The number of hydrogen-bond donors (Lipinski definition) is 0. The fourth-order valence-corrected chi connectivity index (χ4v) is 5.87. The molecule has 37 heavy (non-hydrogen) atoms. The number of rotatable bonds is 4. The third-order valence-electron chi connectivity index (χ3n) is 6.19. The highest BCUT2D eigenvalue weighted by Crippen LogP contribution is 2.39. The zero-order valence-electron chi connectivity index (χ0n) is 20.5. The standard InChI is InChI=1S/C21H26F3N3O2S.C2HF3O2/c1-14-12-15(2)26-19(25-14)27-10-8-16(9-11-27)20(3,4)30(28,29)18-7-5-6-17(13-18)21(22,23)24;3-2(4,5)1(6)7/h5-7,12-13,16H,8-11H2,1-4H3;(H,6,7). The van der Waals surface area contributed by atoms with Gasteiger partial charge in [-0.2, -0.15) is 26.3 Å². The summed E-state index contributed by atoms with van der Waals surface area (Å²) in [6.07, 6.45) is -8.57. The Morgan fingerprint density at radius 2 is 1.59 bits per heavy atom. The van der Waals surface area contributed by atoms with Gasteiger partial charge in [0.05, 0.1) is 34.0 Å². The van der Waals surface area contributed by atoms with Crippen molar-refractivity contribution >= 4 is 21.8 Å². The Kier molecular flexibility index (Phi) is 8.88. The highest BCUT2D eigenvalue weighted by molar-refractivity contribution is 7.92. The van der Waals surface area contributed by atoms with Crippen molar-refractivity contribution in [1.29, 1.82) is 0 Å². The minimum atomic E-state index is -5.19. The molecule has 0 amide bonds. The number of sulfone groups is 1. The van der Waals surface area contributed by atoms with Gasteiger partial charge in [-0.25, -0.2) is 13.4 Å². The number of halogens is 6. The summed E-state index contributed by atoms with van der Waals surface area (Å²) in [5.41, 5.74) is 0.938. The van der Waals surface area contributed by atoms with Crippen molar-refractivity contribution in [2.45, 2.75) is 62.5 Å². The number of nitrogens with one attached hydrogen (secondary N) is 1. The van der Waals surface area contributed by atoms with Gasteiger partial charge in [-0.05, 0) is 64.7 Å². The molecule has 1 fully saturated rings. The van der Waals surface area contributed by atoms with Crippen molar-refractivity contribution in [3.05, 3.63) is 47.3 Å². The number of benzene rings is 1. The Morgan fingerprint density at radius 1 is 1.05 bits per heavy atom. The van der Waals surface area contributed by atoms with Crippen LogP contribution in [0.15, 0.2) is 35.2 Å². The van der Waals surface area contributed by atoms with E-state index in [9.17, 15) is 34.8 Å². The number of piperidine rings is 1. The Morgan fingerprint density at radius 3 is 2.05 bits per heavy atom. The minimum absolute atomic E-state index is 0.181. The number of H-pyrrole nitrogens is 1. The number of hydrogen-bond acceptors (Lipinski definition) is 6. The van der Waals surface area contributed by atoms with E-state index in [1.807, 2.05) is 19.9 Å². The molecule has 0 saturated carbocycles. The molecule has 1 aromatic carbocycles. The summed E-state index contributed by atoms with van der Waals surface area (Å²) < 4.78 is 96.1. The van der Waals surface area contributed by atoms with Crippen molar-refractivity contribution in [3.63, 3.8) is 0 Å². The third-order valence-corrected chi connectivity index (χ3v) is 8.78. The molecule has 1 aliphatic rings. The summed E-state index contributed by atoms with van der Waals surface area (Å²) in [4.78, 5) is 18.3. The molecule has 0 unspecified atom stereocenters. The zero-order valence-corrected chi connectivity index (χ0v) is 21.3. The topological polar surface area (TPSA) is 105 Å². The first-order valence-corrected chi connectivity index (χ1v) is 12.6. The number of carbonyl (C=O) groups excluding carboxylic acids is 1. The number of alkyl halides is 6. The Balaban J connectivity index is 0.000000604. The number of aryl methyl sites for hydroxylation is 2. The maximum absolute atomic E-state index is 13.3. The predicted molar refractivity (Wildman–Crippen MR) is 119 cm³/mol. The van der Waals surface area contributed by atoms with Crippen molar-refractivity contribution in [2.24, 2.45) is 5.92 Å². The highest BCUT2D eigenvalue weighted by atomic mass is 32.2. The van der Waals surface area contributed by atoms with Crippen LogP contribution in [0.4, 0.5) is 32.3 Å². The van der Waals surface area contributed by atoms with E-state index in [-0.39, 0.29) is 10.8 Å². The molecule has 2 heterocycles. The van der Waals surface area contributed by atoms with Gasteiger partial charge in [0.2, 0.25) is 0 Å². The molecule has 3 rings (SSSR count). The van der Waals surface area contributed by atoms with E-state index in [0.29, 0.717) is 25.9 Å². The van der Waals surface area contributed by atoms with E-state index in [1.165, 1.54) is 6.07 Å². The van der Waals surface area contributed by atoms with E-state index in [2.05, 4.69) is 14.9 Å². The van der Waals surface area contributed by atoms with Gasteiger partial charge in [0.15, 0.2) is 9.84 Å². The molecule has 1 aliphatic heterocycles. The molecular formula is C23H27F6N3O4S. The Bertz CT molecular complexity index is 1200. The number of carbonyl (C=O) groups is 1. The van der Waals surface area contributed by atoms with Crippen LogP contribution in [0.1, 0.15) is 43.6 Å². The second-order valence-corrected chi connectivity index (χ2v) is 11.7. The molecule has 0 aliphatic carbocycles. The van der Waals surface area contributed by atoms with Gasteiger partial charge in [-0.3, -0.25) is 4.90 Å². The molecule has 1 aromatic heterocycles. The van der Waals surface area contributed by atoms with E-state index in [0.717, 1.165) is 35.5 Å². The lowest BCUT2D eigenvalue weighted by molar-refractivity contribution is -0.378. The molecule has 0 radical (unpaired) electrons. The minimum Gasteiger partial charge on any atom is -0.542 e. The van der Waals surface area contributed by atoms with Gasteiger partial charge >= 0.3 is 18.3 Å². The van der Waals surface area contributed by atoms with Crippen LogP contribution >= 0.6 is 0 Å². The maximum atomic E-state index is 13.3. The van der Waals surface area contributed by atoms with Gasteiger partial charge in [-0.15, -0.1) is 0 Å². The van der Waals surface area contributed by atoms with Gasteiger partial charge in [0.25, 0.3) is 0 Å². The lowest BCUT2D eigenvalue weighted by Gasteiger charge is -2.38. The maximum Gasteiger partial charge on any atom is 0.430 e. The molecule has 0 bridgehead atoms. The van der Waals surface area contributed by atoms with Crippen molar-refractivity contribution in [1.82, 2.24) is 4.98 Å². The Labute approximate surface area is 210 Å². The number of carboxylic acids is 1. The molecule has 0 atom stereocenters. The van der Waals surface area contributed by atoms with Crippen molar-refractivity contribution < 1.29 is 49.6 Å². The molecule has 14 heteroatoms. The number of nitrogens with zero attached hydrogens (tertiary/aromatic N) is 2. The van der Waals surface area contributed by atoms with Crippen LogP contribution in [0.25, 0.3) is 0 Å². The van der Waals surface area contributed by atoms with Crippen LogP contribution in [-0.2, 0) is 20.8 Å². The number of aromatic amines is 1. The predicted octanol–water partition coefficient (Wildman–Crippen LogP) is 3.30. The summed E-state index contributed by atoms with van der Waals surface area (Å²) in [6.45, 7) is 8.35. The van der Waals surface area contributed by atoms with E-state index in [1.54, 1.807) is 13.8 Å². The molecule has 1 saturated heterocycles. The molecule has 1 N–H and O–H groups in total. The monoisotopic (exact) mass is 555 g/mol. The van der Waals surface area contributed by atoms with E-state index >= 15 is 0 Å². The molecule has 0 spiro atoms. The summed E-state index contributed by atoms with van der Waals surface area (Å²) in [5.74, 6) is -2.43. The summed E-state index contributed by atoms with van der Waals surface area (Å²) in [7, 11) is -3.96. The Hall–Kier alpha value is -2.90. The zero-order chi connectivity index (χ0) is 28.4. The van der Waals surface area contributed by atoms with Crippen LogP contribution in [-0.4, -0.2) is 43.4 Å². The number of aromatic nitrogens is 2. The van der Waals surface area contributed by atoms with Gasteiger partial charge in [0.1, 0.15) is 11.7 Å². The van der Waals surface area contributed by atoms with Gasteiger partial charge in [0, 0.05) is 6.07 Å². The van der Waals surface area contributed by atoms with Crippen LogP contribution < -0.4 is 15.0 Å². The summed E-state index contributed by atoms with van der Waals surface area (Å²) in [6, 6.07) is 5.96. The lowest BCUT2D eigenvalue weighted by atomic mass is 9.86. The molecule has 2 aromatic rings. The average molecular weight is 556 g/mol. The first-order valence-electron chi connectivity index (χ1n) is 11.1. The summed E-state index contributed by atoms with van der Waals surface area (Å²) in [5, 5.41) is 8.78. The second-order valence-electron chi connectivity index (χ2n) is 9.21. The third kappa shape index (κ3) is 7.33. The molecule has 206 valence electrons. The van der Waals surface area contributed by atoms with Crippen LogP contribution in [0, 0.1) is 19.8 Å². The number of anilines is 1. The first-order chi connectivity index (χ1) is 16.8. The number of aliphatic carboxylic acids is 1. The average Bonchev–Trinajstić information content (AvgIpc) is 2.77. The van der Waals surface area contributed by atoms with Gasteiger partial charge < -0.3 is 9.90 Å². The fraction of sp³-hybridized carbons (Fsp3) is 0.522. The number of carboxylic acid groups (broad SMARTS) is 1. The SMILES string of the molecule is Cc1cc(C)[nH+]c(N2CCC(C(C)(C)S(=O)(=O)c3cccc(C(F)(F)F)c3)CC2)n1.O=C([O-])C(F)(F)F. The molecular weight excluding hydrogens is 528 g/mol.